The van der Waals surface area contributed by atoms with Gasteiger partial charge in [0.1, 0.15) is 19.6 Å². The van der Waals surface area contributed by atoms with Crippen LogP contribution in [0.1, 0.15) is 31.9 Å². The molecule has 0 aromatic heterocycles. The smallest absolute Gasteiger partial charge is 0.301 e. The van der Waals surface area contributed by atoms with E-state index in [-0.39, 0.29) is 11.6 Å². The van der Waals surface area contributed by atoms with Crippen LogP contribution in [0, 0.1) is 0 Å². The first kappa shape index (κ1) is 19.6. The second kappa shape index (κ2) is 8.24. The number of piperazine rings is 1. The Hall–Kier alpha value is -2.17. The quantitative estimate of drug-likeness (QED) is 0.829. The van der Waals surface area contributed by atoms with Gasteiger partial charge in [-0.15, -0.1) is 0 Å². The summed E-state index contributed by atoms with van der Waals surface area (Å²) in [6.45, 7) is 11.4. The molecular formula is C23H32N3O+. The lowest BCUT2D eigenvalue weighted by Crippen LogP contribution is -2.66. The fourth-order valence-corrected chi connectivity index (χ4v) is 3.69. The topological polar surface area (TPSA) is 32.3 Å². The number of carbonyl (C=O) groups excluding carboxylic acids is 1. The van der Waals surface area contributed by atoms with E-state index < -0.39 is 0 Å². The fraction of sp³-hybridized carbons (Fsp3) is 0.435. The monoisotopic (exact) mass is 366 g/mol. The van der Waals surface area contributed by atoms with Gasteiger partial charge in [0.2, 0.25) is 0 Å². The molecule has 27 heavy (non-hydrogen) atoms. The molecule has 0 atom stereocenters. The first-order chi connectivity index (χ1) is 12.9. The molecule has 0 unspecified atom stereocenters. The molecule has 1 saturated heterocycles. The van der Waals surface area contributed by atoms with Gasteiger partial charge in [-0.25, -0.2) is 9.28 Å². The number of nitrogens with one attached hydrogen (secondary N) is 1. The van der Waals surface area contributed by atoms with Gasteiger partial charge >= 0.3 is 6.03 Å². The highest BCUT2D eigenvalue weighted by Gasteiger charge is 2.41. The lowest BCUT2D eigenvalue weighted by molar-refractivity contribution is -0.869. The summed E-state index contributed by atoms with van der Waals surface area (Å²) in [5.74, 6) is 0. The number of rotatable bonds is 4. The third kappa shape index (κ3) is 5.41. The molecule has 2 aromatic carbocycles. The predicted molar refractivity (Wildman–Crippen MR) is 110 cm³/mol. The molecule has 3 rings (SSSR count). The second-order valence-corrected chi connectivity index (χ2v) is 8.68. The number of quaternary nitrogens is 1. The minimum Gasteiger partial charge on any atom is -0.301 e. The summed E-state index contributed by atoms with van der Waals surface area (Å²) in [4.78, 5) is 15.7. The third-order valence-electron chi connectivity index (χ3n) is 5.18. The zero-order valence-electron chi connectivity index (χ0n) is 16.8. The minimum atomic E-state index is -0.222. The van der Waals surface area contributed by atoms with Gasteiger partial charge in [-0.2, -0.15) is 0 Å². The molecule has 0 bridgehead atoms. The van der Waals surface area contributed by atoms with Crippen molar-refractivity contribution in [2.45, 2.75) is 39.4 Å². The largest absolute Gasteiger partial charge is 0.417 e. The minimum absolute atomic E-state index is 0.144. The van der Waals surface area contributed by atoms with Crippen molar-refractivity contribution in [1.29, 1.82) is 0 Å². The summed E-state index contributed by atoms with van der Waals surface area (Å²) in [6, 6.07) is 21.1. The van der Waals surface area contributed by atoms with Crippen molar-refractivity contribution in [3.63, 3.8) is 0 Å². The van der Waals surface area contributed by atoms with Crippen molar-refractivity contribution in [3.05, 3.63) is 71.8 Å². The fourth-order valence-electron chi connectivity index (χ4n) is 3.69. The summed E-state index contributed by atoms with van der Waals surface area (Å²) < 4.78 is 0.479. The van der Waals surface area contributed by atoms with E-state index in [1.807, 2.05) is 6.07 Å². The molecule has 2 aromatic rings. The predicted octanol–water partition coefficient (Wildman–Crippen LogP) is 4.03. The molecule has 0 radical (unpaired) electrons. The number of urea groups is 1. The molecule has 0 saturated carbocycles. The van der Waals surface area contributed by atoms with E-state index in [0.29, 0.717) is 4.48 Å². The summed E-state index contributed by atoms with van der Waals surface area (Å²) in [5.41, 5.74) is 2.33. The van der Waals surface area contributed by atoms with Crippen LogP contribution in [-0.4, -0.2) is 47.1 Å². The Bertz CT molecular complexity index is 729. The van der Waals surface area contributed by atoms with Crippen LogP contribution in [0.2, 0.25) is 0 Å². The zero-order valence-corrected chi connectivity index (χ0v) is 16.8. The van der Waals surface area contributed by atoms with Gasteiger partial charge in [-0.1, -0.05) is 60.7 Å². The first-order valence-corrected chi connectivity index (χ1v) is 9.85. The van der Waals surface area contributed by atoms with E-state index >= 15 is 0 Å². The van der Waals surface area contributed by atoms with Crippen molar-refractivity contribution in [1.82, 2.24) is 10.2 Å². The number of amides is 2. The first-order valence-electron chi connectivity index (χ1n) is 9.85. The summed E-state index contributed by atoms with van der Waals surface area (Å²) in [5, 5.41) is 3.23. The number of hydrogen-bond acceptors (Lipinski definition) is 2. The highest BCUT2D eigenvalue weighted by molar-refractivity contribution is 5.68. The number of hydrogen-bond donors (Lipinski definition) is 1. The highest BCUT2D eigenvalue weighted by atomic mass is 16.2. The molecule has 1 aliphatic heterocycles. The van der Waals surface area contributed by atoms with Crippen molar-refractivity contribution >= 4 is 6.03 Å². The van der Waals surface area contributed by atoms with Crippen LogP contribution < -0.4 is 5.32 Å². The lowest BCUT2D eigenvalue weighted by atomic mass is 10.1. The molecule has 1 N–H and O–H groups in total. The van der Waals surface area contributed by atoms with Gasteiger partial charge in [0.15, 0.2) is 0 Å². The number of benzene rings is 2. The maximum absolute atomic E-state index is 13.2. The lowest BCUT2D eigenvalue weighted by Gasteiger charge is -2.43. The van der Waals surface area contributed by atoms with E-state index in [4.69, 9.17) is 0 Å². The number of carbonyl (C=O) groups is 1. The molecule has 1 aliphatic rings. The average Bonchev–Trinajstić information content (AvgIpc) is 2.64. The summed E-state index contributed by atoms with van der Waals surface area (Å²) >= 11 is 0. The molecule has 1 heterocycles. The number of nitrogens with zero attached hydrogens (tertiary/aromatic N) is 2. The summed E-state index contributed by atoms with van der Waals surface area (Å²) in [6.07, 6.45) is 0. The van der Waals surface area contributed by atoms with Crippen molar-refractivity contribution in [2.75, 3.05) is 26.2 Å². The molecular weight excluding hydrogens is 334 g/mol. The van der Waals surface area contributed by atoms with Crippen LogP contribution >= 0.6 is 0 Å². The SMILES string of the molecule is CC(C)(C)NC(=O)[N+]1(Cc2ccccc2)CCN(Cc2ccccc2)CC1. The third-order valence-corrected chi connectivity index (χ3v) is 5.18. The normalized spacial score (nSPS) is 17.4. The van der Waals surface area contributed by atoms with Gasteiger partial charge in [-0.05, 0) is 26.3 Å². The molecule has 4 nitrogen and oxygen atoms in total. The molecule has 0 spiro atoms. The Morgan fingerprint density at radius 2 is 1.44 bits per heavy atom. The Kier molecular flexibility index (Phi) is 5.98. The zero-order chi connectivity index (χ0) is 19.3. The van der Waals surface area contributed by atoms with Crippen LogP contribution in [0.3, 0.4) is 0 Å². The van der Waals surface area contributed by atoms with Gasteiger partial charge < -0.3 is 5.32 Å². The van der Waals surface area contributed by atoms with E-state index in [1.165, 1.54) is 11.1 Å². The van der Waals surface area contributed by atoms with Crippen LogP contribution in [0.15, 0.2) is 60.7 Å². The second-order valence-electron chi connectivity index (χ2n) is 8.68. The standard InChI is InChI=1S/C23H31N3O/c1-23(2,3)24-22(27)26(19-21-12-8-5-9-13-21)16-14-25(15-17-26)18-20-10-6-4-7-11-20/h4-13H,14-19H2,1-3H3/p+1. The van der Waals surface area contributed by atoms with E-state index in [1.54, 1.807) is 0 Å². The van der Waals surface area contributed by atoms with Gasteiger partial charge in [0, 0.05) is 30.7 Å². The molecule has 4 heteroatoms. The van der Waals surface area contributed by atoms with Crippen LogP contribution in [0.25, 0.3) is 0 Å². The van der Waals surface area contributed by atoms with Crippen molar-refractivity contribution < 1.29 is 9.28 Å². The van der Waals surface area contributed by atoms with Gasteiger partial charge in [0.25, 0.3) is 0 Å². The molecule has 2 amide bonds. The summed E-state index contributed by atoms with van der Waals surface area (Å²) in [7, 11) is 0. The molecule has 0 aliphatic carbocycles. The van der Waals surface area contributed by atoms with E-state index in [9.17, 15) is 4.79 Å². The maximum Gasteiger partial charge on any atom is 0.417 e. The van der Waals surface area contributed by atoms with E-state index in [0.717, 1.165) is 39.3 Å². The van der Waals surface area contributed by atoms with Crippen LogP contribution in [0.4, 0.5) is 4.79 Å². The van der Waals surface area contributed by atoms with Crippen LogP contribution in [0.5, 0.6) is 0 Å². The Morgan fingerprint density at radius 3 is 1.96 bits per heavy atom. The maximum atomic E-state index is 13.2. The van der Waals surface area contributed by atoms with Crippen LogP contribution in [-0.2, 0) is 13.1 Å². The van der Waals surface area contributed by atoms with Gasteiger partial charge in [-0.3, -0.25) is 4.90 Å². The van der Waals surface area contributed by atoms with Crippen molar-refractivity contribution in [3.8, 4) is 0 Å². The highest BCUT2D eigenvalue weighted by Crippen LogP contribution is 2.21. The molecule has 1 fully saturated rings. The Balaban J connectivity index is 1.72. The van der Waals surface area contributed by atoms with Gasteiger partial charge in [0.05, 0.1) is 0 Å². The van der Waals surface area contributed by atoms with Crippen molar-refractivity contribution in [2.24, 2.45) is 0 Å². The van der Waals surface area contributed by atoms with E-state index in [2.05, 4.69) is 85.6 Å². The Labute approximate surface area is 163 Å². The average molecular weight is 367 g/mol. The Morgan fingerprint density at radius 1 is 0.926 bits per heavy atom. The molecule has 144 valence electrons.